The lowest BCUT2D eigenvalue weighted by atomic mass is 10.2. The third-order valence-corrected chi connectivity index (χ3v) is 2.75. The molecule has 0 saturated carbocycles. The van der Waals surface area contributed by atoms with Crippen LogP contribution in [-0.4, -0.2) is 11.5 Å². The van der Waals surface area contributed by atoms with Crippen molar-refractivity contribution in [1.82, 2.24) is 10.3 Å². The molecule has 1 aliphatic carbocycles. The average Bonchev–Trinajstić information content (AvgIpc) is 2.86. The SMILES string of the molecule is C1=C(CCNCc2cc[nH]c2)CCC1. The highest BCUT2D eigenvalue weighted by Crippen LogP contribution is 2.19. The molecule has 2 N–H and O–H groups in total. The van der Waals surface area contributed by atoms with E-state index in [2.05, 4.69) is 22.4 Å². The summed E-state index contributed by atoms with van der Waals surface area (Å²) in [6.07, 6.45) is 11.6. The van der Waals surface area contributed by atoms with E-state index in [0.29, 0.717) is 0 Å². The number of hydrogen-bond donors (Lipinski definition) is 2. The molecular weight excluding hydrogens is 172 g/mol. The van der Waals surface area contributed by atoms with Gasteiger partial charge in [-0.1, -0.05) is 11.6 Å². The normalized spacial score (nSPS) is 15.9. The first-order valence-electron chi connectivity index (χ1n) is 5.45. The standard InChI is InChI=1S/C12H18N2/c1-2-4-11(3-1)5-7-13-9-12-6-8-14-10-12/h3,6,8,10,13-14H,1-2,4-5,7,9H2. The van der Waals surface area contributed by atoms with Crippen LogP contribution >= 0.6 is 0 Å². The van der Waals surface area contributed by atoms with E-state index in [1.807, 2.05) is 12.4 Å². The molecule has 14 heavy (non-hydrogen) atoms. The minimum absolute atomic E-state index is 0.983. The molecule has 1 aromatic heterocycles. The van der Waals surface area contributed by atoms with Crippen molar-refractivity contribution < 1.29 is 0 Å². The van der Waals surface area contributed by atoms with E-state index in [1.54, 1.807) is 5.57 Å². The summed E-state index contributed by atoms with van der Waals surface area (Å²) in [4.78, 5) is 3.06. The molecule has 0 amide bonds. The fourth-order valence-corrected chi connectivity index (χ4v) is 1.91. The van der Waals surface area contributed by atoms with E-state index in [0.717, 1.165) is 13.1 Å². The van der Waals surface area contributed by atoms with Crippen molar-refractivity contribution in [2.24, 2.45) is 0 Å². The molecule has 0 spiro atoms. The smallest absolute Gasteiger partial charge is 0.0220 e. The van der Waals surface area contributed by atoms with Crippen LogP contribution < -0.4 is 5.32 Å². The first-order valence-corrected chi connectivity index (χ1v) is 5.45. The Labute approximate surface area is 85.4 Å². The van der Waals surface area contributed by atoms with Crippen molar-refractivity contribution in [3.63, 3.8) is 0 Å². The molecule has 0 aromatic carbocycles. The van der Waals surface area contributed by atoms with Gasteiger partial charge in [0.1, 0.15) is 0 Å². The monoisotopic (exact) mass is 190 g/mol. The topological polar surface area (TPSA) is 27.8 Å². The number of rotatable bonds is 5. The van der Waals surface area contributed by atoms with Gasteiger partial charge < -0.3 is 10.3 Å². The molecule has 0 bridgehead atoms. The maximum atomic E-state index is 3.45. The summed E-state index contributed by atoms with van der Waals surface area (Å²) < 4.78 is 0. The van der Waals surface area contributed by atoms with Crippen molar-refractivity contribution in [3.8, 4) is 0 Å². The maximum Gasteiger partial charge on any atom is 0.0220 e. The molecule has 0 radical (unpaired) electrons. The third kappa shape index (κ3) is 2.74. The van der Waals surface area contributed by atoms with Crippen LogP contribution in [0, 0.1) is 0 Å². The van der Waals surface area contributed by atoms with E-state index < -0.39 is 0 Å². The van der Waals surface area contributed by atoms with Gasteiger partial charge in [0.25, 0.3) is 0 Å². The molecule has 0 aliphatic heterocycles. The highest BCUT2D eigenvalue weighted by Gasteiger charge is 2.03. The fourth-order valence-electron chi connectivity index (χ4n) is 1.91. The van der Waals surface area contributed by atoms with Crippen LogP contribution in [0.1, 0.15) is 31.2 Å². The van der Waals surface area contributed by atoms with Crippen molar-refractivity contribution in [1.29, 1.82) is 0 Å². The summed E-state index contributed by atoms with van der Waals surface area (Å²) in [5.74, 6) is 0. The third-order valence-electron chi connectivity index (χ3n) is 2.75. The van der Waals surface area contributed by atoms with Crippen LogP contribution in [0.2, 0.25) is 0 Å². The fraction of sp³-hybridized carbons (Fsp3) is 0.500. The molecule has 1 heterocycles. The number of H-pyrrole nitrogens is 1. The van der Waals surface area contributed by atoms with E-state index >= 15 is 0 Å². The second-order valence-corrected chi connectivity index (χ2v) is 3.90. The van der Waals surface area contributed by atoms with Gasteiger partial charge in [0, 0.05) is 18.9 Å². The second-order valence-electron chi connectivity index (χ2n) is 3.90. The van der Waals surface area contributed by atoms with E-state index in [1.165, 1.54) is 31.2 Å². The lowest BCUT2D eigenvalue weighted by molar-refractivity contribution is 0.676. The lowest BCUT2D eigenvalue weighted by Crippen LogP contribution is -2.14. The van der Waals surface area contributed by atoms with Crippen LogP contribution in [0.4, 0.5) is 0 Å². The molecule has 0 fully saturated rings. The Morgan fingerprint density at radius 2 is 2.43 bits per heavy atom. The first kappa shape index (κ1) is 9.53. The molecule has 76 valence electrons. The van der Waals surface area contributed by atoms with Crippen LogP contribution in [0.15, 0.2) is 30.1 Å². The van der Waals surface area contributed by atoms with Gasteiger partial charge in [0.05, 0.1) is 0 Å². The van der Waals surface area contributed by atoms with Crippen molar-refractivity contribution in [2.45, 2.75) is 32.2 Å². The van der Waals surface area contributed by atoms with Crippen LogP contribution in [-0.2, 0) is 6.54 Å². The largest absolute Gasteiger partial charge is 0.367 e. The zero-order chi connectivity index (χ0) is 9.64. The Balaban J connectivity index is 1.59. The molecule has 0 atom stereocenters. The molecule has 2 heteroatoms. The number of aromatic amines is 1. The second kappa shape index (κ2) is 5.01. The minimum atomic E-state index is 0.983. The van der Waals surface area contributed by atoms with Gasteiger partial charge in [-0.2, -0.15) is 0 Å². The summed E-state index contributed by atoms with van der Waals surface area (Å²) in [7, 11) is 0. The Morgan fingerprint density at radius 1 is 1.43 bits per heavy atom. The average molecular weight is 190 g/mol. The molecule has 2 rings (SSSR count). The van der Waals surface area contributed by atoms with Gasteiger partial charge >= 0.3 is 0 Å². The molecule has 2 nitrogen and oxygen atoms in total. The van der Waals surface area contributed by atoms with Crippen LogP contribution in [0.3, 0.4) is 0 Å². The van der Waals surface area contributed by atoms with Gasteiger partial charge in [0.2, 0.25) is 0 Å². The molecule has 0 saturated heterocycles. The van der Waals surface area contributed by atoms with E-state index in [-0.39, 0.29) is 0 Å². The predicted octanol–water partition coefficient (Wildman–Crippen LogP) is 2.60. The van der Waals surface area contributed by atoms with Crippen LogP contribution in [0.25, 0.3) is 0 Å². The Kier molecular flexibility index (Phi) is 3.41. The van der Waals surface area contributed by atoms with Gasteiger partial charge in [-0.25, -0.2) is 0 Å². The first-order chi connectivity index (χ1) is 6.95. The molecule has 1 aromatic rings. The summed E-state index contributed by atoms with van der Waals surface area (Å²) in [5.41, 5.74) is 2.98. The van der Waals surface area contributed by atoms with Crippen LogP contribution in [0.5, 0.6) is 0 Å². The van der Waals surface area contributed by atoms with Gasteiger partial charge in [-0.05, 0) is 43.9 Å². The number of hydrogen-bond acceptors (Lipinski definition) is 1. The van der Waals surface area contributed by atoms with Gasteiger partial charge in [-0.15, -0.1) is 0 Å². The summed E-state index contributed by atoms with van der Waals surface area (Å²) in [6, 6.07) is 2.11. The highest BCUT2D eigenvalue weighted by atomic mass is 14.8. The summed E-state index contributed by atoms with van der Waals surface area (Å²) in [5, 5.41) is 3.45. The van der Waals surface area contributed by atoms with Gasteiger partial charge in [0.15, 0.2) is 0 Å². The summed E-state index contributed by atoms with van der Waals surface area (Å²) >= 11 is 0. The minimum Gasteiger partial charge on any atom is -0.367 e. The molecule has 1 aliphatic rings. The maximum absolute atomic E-state index is 3.45. The number of nitrogens with one attached hydrogen (secondary N) is 2. The molecule has 0 unspecified atom stereocenters. The predicted molar refractivity (Wildman–Crippen MR) is 59.1 cm³/mol. The van der Waals surface area contributed by atoms with E-state index in [4.69, 9.17) is 0 Å². The Bertz CT molecular complexity index is 285. The van der Waals surface area contributed by atoms with Gasteiger partial charge in [-0.3, -0.25) is 0 Å². The molecular formula is C12H18N2. The highest BCUT2D eigenvalue weighted by molar-refractivity contribution is 5.09. The Hall–Kier alpha value is -1.02. The van der Waals surface area contributed by atoms with Crippen molar-refractivity contribution >= 4 is 0 Å². The Morgan fingerprint density at radius 3 is 3.14 bits per heavy atom. The lowest BCUT2D eigenvalue weighted by Gasteiger charge is -2.03. The summed E-state index contributed by atoms with van der Waals surface area (Å²) in [6.45, 7) is 2.09. The number of allylic oxidation sites excluding steroid dienone is 1. The zero-order valence-corrected chi connectivity index (χ0v) is 8.55. The quantitative estimate of drug-likeness (QED) is 0.542. The van der Waals surface area contributed by atoms with Crippen molar-refractivity contribution in [3.05, 3.63) is 35.7 Å². The van der Waals surface area contributed by atoms with E-state index in [9.17, 15) is 0 Å². The number of aromatic nitrogens is 1. The zero-order valence-electron chi connectivity index (χ0n) is 8.55. The van der Waals surface area contributed by atoms with Crippen molar-refractivity contribution in [2.75, 3.05) is 6.54 Å².